The van der Waals surface area contributed by atoms with Crippen molar-refractivity contribution >= 4 is 11.9 Å². The van der Waals surface area contributed by atoms with E-state index in [1.54, 1.807) is 4.90 Å². The second kappa shape index (κ2) is 6.78. The summed E-state index contributed by atoms with van der Waals surface area (Å²) in [6.07, 6.45) is 6.06. The van der Waals surface area contributed by atoms with Crippen molar-refractivity contribution in [2.75, 3.05) is 6.54 Å². The SMILES string of the molecule is CC(C)N(CCCC(=O)O)C(=O)c1cccn1C1CCC1. The van der Waals surface area contributed by atoms with Crippen LogP contribution in [-0.2, 0) is 4.79 Å². The molecule has 1 aromatic rings. The van der Waals surface area contributed by atoms with Crippen LogP contribution in [0, 0.1) is 0 Å². The third-order valence-corrected chi connectivity index (χ3v) is 4.14. The topological polar surface area (TPSA) is 62.5 Å². The Hall–Kier alpha value is -1.78. The summed E-state index contributed by atoms with van der Waals surface area (Å²) in [5, 5.41) is 8.74. The average Bonchev–Trinajstić information content (AvgIpc) is 2.80. The van der Waals surface area contributed by atoms with Crippen molar-refractivity contribution in [2.45, 2.75) is 58.0 Å². The second-order valence-electron chi connectivity index (χ2n) is 5.98. The first-order valence-corrected chi connectivity index (χ1v) is 7.70. The van der Waals surface area contributed by atoms with Crippen molar-refractivity contribution in [3.8, 4) is 0 Å². The molecule has 21 heavy (non-hydrogen) atoms. The molecule has 5 heteroatoms. The molecule has 1 heterocycles. The van der Waals surface area contributed by atoms with Gasteiger partial charge in [0, 0.05) is 31.2 Å². The van der Waals surface area contributed by atoms with Crippen LogP contribution < -0.4 is 0 Å². The predicted octanol–water partition coefficient (Wildman–Crippen LogP) is 2.93. The van der Waals surface area contributed by atoms with Gasteiger partial charge in [0.15, 0.2) is 0 Å². The van der Waals surface area contributed by atoms with Gasteiger partial charge in [0.05, 0.1) is 0 Å². The van der Waals surface area contributed by atoms with Gasteiger partial charge in [-0.15, -0.1) is 0 Å². The molecule has 5 nitrogen and oxygen atoms in total. The van der Waals surface area contributed by atoms with E-state index in [2.05, 4.69) is 4.57 Å². The molecule has 1 aromatic heterocycles. The minimum atomic E-state index is -0.816. The maximum Gasteiger partial charge on any atom is 0.303 e. The van der Waals surface area contributed by atoms with E-state index in [0.29, 0.717) is 19.0 Å². The molecule has 1 saturated carbocycles. The molecule has 116 valence electrons. The van der Waals surface area contributed by atoms with Gasteiger partial charge in [0.2, 0.25) is 0 Å². The molecular formula is C16H24N2O3. The van der Waals surface area contributed by atoms with Crippen molar-refractivity contribution in [3.63, 3.8) is 0 Å². The normalized spacial score (nSPS) is 15.0. The molecule has 0 unspecified atom stereocenters. The van der Waals surface area contributed by atoms with Gasteiger partial charge >= 0.3 is 5.97 Å². The van der Waals surface area contributed by atoms with E-state index in [9.17, 15) is 9.59 Å². The van der Waals surface area contributed by atoms with Gasteiger partial charge in [-0.25, -0.2) is 0 Å². The number of carboxylic acids is 1. The van der Waals surface area contributed by atoms with Crippen LogP contribution in [0.5, 0.6) is 0 Å². The first kappa shape index (κ1) is 15.6. The van der Waals surface area contributed by atoms with Crippen molar-refractivity contribution < 1.29 is 14.7 Å². The van der Waals surface area contributed by atoms with Crippen molar-refractivity contribution in [3.05, 3.63) is 24.0 Å². The molecule has 1 amide bonds. The fraction of sp³-hybridized carbons (Fsp3) is 0.625. The van der Waals surface area contributed by atoms with Gasteiger partial charge in [0.1, 0.15) is 5.69 Å². The number of carboxylic acid groups (broad SMARTS) is 1. The number of hydrogen-bond donors (Lipinski definition) is 1. The number of aliphatic carboxylic acids is 1. The molecule has 0 spiro atoms. The van der Waals surface area contributed by atoms with E-state index in [-0.39, 0.29) is 18.4 Å². The van der Waals surface area contributed by atoms with Crippen LogP contribution in [-0.4, -0.2) is 39.0 Å². The van der Waals surface area contributed by atoms with E-state index < -0.39 is 5.97 Å². The number of nitrogens with zero attached hydrogens (tertiary/aromatic N) is 2. The first-order valence-electron chi connectivity index (χ1n) is 7.70. The summed E-state index contributed by atoms with van der Waals surface area (Å²) in [5.41, 5.74) is 0.726. The third kappa shape index (κ3) is 3.65. The van der Waals surface area contributed by atoms with Crippen LogP contribution in [0.15, 0.2) is 18.3 Å². The second-order valence-corrected chi connectivity index (χ2v) is 5.98. The van der Waals surface area contributed by atoms with Crippen molar-refractivity contribution in [2.24, 2.45) is 0 Å². The highest BCUT2D eigenvalue weighted by molar-refractivity contribution is 5.93. The Kier molecular flexibility index (Phi) is 5.04. The van der Waals surface area contributed by atoms with E-state index in [0.717, 1.165) is 18.5 Å². The third-order valence-electron chi connectivity index (χ3n) is 4.14. The maximum absolute atomic E-state index is 12.7. The lowest BCUT2D eigenvalue weighted by Gasteiger charge is -2.32. The zero-order chi connectivity index (χ0) is 15.4. The van der Waals surface area contributed by atoms with Gasteiger partial charge in [0.25, 0.3) is 5.91 Å². The van der Waals surface area contributed by atoms with Gasteiger partial charge < -0.3 is 14.6 Å². The Morgan fingerprint density at radius 1 is 1.43 bits per heavy atom. The number of rotatable bonds is 7. The molecule has 0 radical (unpaired) electrons. The van der Waals surface area contributed by atoms with Crippen LogP contribution in [0.25, 0.3) is 0 Å². The summed E-state index contributed by atoms with van der Waals surface area (Å²) >= 11 is 0. The summed E-state index contributed by atoms with van der Waals surface area (Å²) in [6, 6.07) is 4.30. The summed E-state index contributed by atoms with van der Waals surface area (Å²) in [7, 11) is 0. The fourth-order valence-corrected chi connectivity index (χ4v) is 2.70. The molecule has 1 fully saturated rings. The summed E-state index contributed by atoms with van der Waals surface area (Å²) in [4.78, 5) is 25.1. The lowest BCUT2D eigenvalue weighted by molar-refractivity contribution is -0.137. The van der Waals surface area contributed by atoms with E-state index in [1.807, 2.05) is 32.2 Å². The number of amides is 1. The lowest BCUT2D eigenvalue weighted by Crippen LogP contribution is -2.39. The molecule has 0 bridgehead atoms. The number of carbonyl (C=O) groups is 2. The van der Waals surface area contributed by atoms with Gasteiger partial charge in [-0.1, -0.05) is 0 Å². The molecule has 2 rings (SSSR count). The van der Waals surface area contributed by atoms with Crippen molar-refractivity contribution in [1.29, 1.82) is 0 Å². The monoisotopic (exact) mass is 292 g/mol. The highest BCUT2D eigenvalue weighted by Gasteiger charge is 2.26. The minimum Gasteiger partial charge on any atom is -0.481 e. The average molecular weight is 292 g/mol. The fourth-order valence-electron chi connectivity index (χ4n) is 2.70. The van der Waals surface area contributed by atoms with Crippen LogP contribution in [0.1, 0.15) is 62.5 Å². The Bertz CT molecular complexity index is 503. The molecule has 0 atom stereocenters. The van der Waals surface area contributed by atoms with Gasteiger partial charge in [-0.05, 0) is 51.7 Å². The summed E-state index contributed by atoms with van der Waals surface area (Å²) < 4.78 is 2.08. The molecule has 0 saturated heterocycles. The highest BCUT2D eigenvalue weighted by atomic mass is 16.4. The zero-order valence-electron chi connectivity index (χ0n) is 12.8. The lowest BCUT2D eigenvalue weighted by atomic mass is 9.93. The van der Waals surface area contributed by atoms with E-state index in [4.69, 9.17) is 5.11 Å². The molecule has 1 aliphatic rings. The molecule has 0 aliphatic heterocycles. The van der Waals surface area contributed by atoms with Gasteiger partial charge in [-0.2, -0.15) is 0 Å². The molecule has 1 N–H and O–H groups in total. The largest absolute Gasteiger partial charge is 0.481 e. The Balaban J connectivity index is 2.07. The maximum atomic E-state index is 12.7. The molecule has 0 aromatic carbocycles. The van der Waals surface area contributed by atoms with Gasteiger partial charge in [-0.3, -0.25) is 9.59 Å². The predicted molar refractivity (Wildman–Crippen MR) is 80.4 cm³/mol. The van der Waals surface area contributed by atoms with Crippen LogP contribution in [0.2, 0.25) is 0 Å². The Morgan fingerprint density at radius 3 is 2.67 bits per heavy atom. The molecular weight excluding hydrogens is 268 g/mol. The quantitative estimate of drug-likeness (QED) is 0.840. The standard InChI is InChI=1S/C16H24N2O3/c1-12(2)17(10-5-9-15(19)20)16(21)14-8-4-11-18(14)13-6-3-7-13/h4,8,11-13H,3,5-7,9-10H2,1-2H3,(H,19,20). The van der Waals surface area contributed by atoms with Crippen LogP contribution in [0.3, 0.4) is 0 Å². The number of aromatic nitrogens is 1. The summed E-state index contributed by atoms with van der Waals surface area (Å²) in [5.74, 6) is -0.809. The number of hydrogen-bond acceptors (Lipinski definition) is 2. The zero-order valence-corrected chi connectivity index (χ0v) is 12.8. The Morgan fingerprint density at radius 2 is 2.14 bits per heavy atom. The van der Waals surface area contributed by atoms with E-state index in [1.165, 1.54) is 6.42 Å². The van der Waals surface area contributed by atoms with Crippen molar-refractivity contribution in [1.82, 2.24) is 9.47 Å². The summed E-state index contributed by atoms with van der Waals surface area (Å²) in [6.45, 7) is 4.42. The van der Waals surface area contributed by atoms with Crippen LogP contribution in [0.4, 0.5) is 0 Å². The highest BCUT2D eigenvalue weighted by Crippen LogP contribution is 2.33. The Labute approximate surface area is 125 Å². The van der Waals surface area contributed by atoms with E-state index >= 15 is 0 Å². The molecule has 1 aliphatic carbocycles. The van der Waals surface area contributed by atoms with Crippen LogP contribution >= 0.6 is 0 Å². The first-order chi connectivity index (χ1) is 10.0. The smallest absolute Gasteiger partial charge is 0.303 e. The minimum absolute atomic E-state index is 0.00675. The number of carbonyl (C=O) groups excluding carboxylic acids is 1.